The number of rotatable bonds is 5. The smallest absolute Gasteiger partial charge is 0.213 e. The van der Waals surface area contributed by atoms with Gasteiger partial charge in [0, 0.05) is 31.0 Å². The van der Waals surface area contributed by atoms with Crippen molar-refractivity contribution in [2.24, 2.45) is 0 Å². The maximum Gasteiger partial charge on any atom is 0.213 e. The molecule has 2 heterocycles. The van der Waals surface area contributed by atoms with Crippen LogP contribution in [0, 0.1) is 0 Å². The first-order chi connectivity index (χ1) is 8.79. The van der Waals surface area contributed by atoms with Crippen LogP contribution in [0.2, 0.25) is 0 Å². The first-order valence-electron chi connectivity index (χ1n) is 5.93. The molecule has 0 saturated carbocycles. The second-order valence-corrected chi connectivity index (χ2v) is 4.05. The van der Waals surface area contributed by atoms with Crippen LogP contribution in [0.3, 0.4) is 0 Å². The number of ether oxygens (including phenoxy) is 1. The minimum atomic E-state index is 0.265. The first kappa shape index (κ1) is 12.5. The summed E-state index contributed by atoms with van der Waals surface area (Å²) in [5.74, 6) is 0.644. The highest BCUT2D eigenvalue weighted by molar-refractivity contribution is 5.17. The van der Waals surface area contributed by atoms with Crippen LogP contribution in [0.15, 0.2) is 42.7 Å². The van der Waals surface area contributed by atoms with Crippen molar-refractivity contribution in [3.8, 4) is 5.88 Å². The summed E-state index contributed by atoms with van der Waals surface area (Å²) in [6.07, 6.45) is 3.61. The Bertz CT molecular complexity index is 487. The number of pyridine rings is 2. The molecule has 1 atom stereocenters. The second kappa shape index (κ2) is 6.12. The quantitative estimate of drug-likeness (QED) is 0.875. The van der Waals surface area contributed by atoms with E-state index in [2.05, 4.69) is 22.2 Å². The zero-order valence-electron chi connectivity index (χ0n) is 10.6. The van der Waals surface area contributed by atoms with Crippen molar-refractivity contribution in [3.05, 3.63) is 54.0 Å². The third-order valence-electron chi connectivity index (χ3n) is 2.79. The summed E-state index contributed by atoms with van der Waals surface area (Å²) in [6, 6.07) is 10.1. The van der Waals surface area contributed by atoms with Crippen molar-refractivity contribution in [2.45, 2.75) is 19.5 Å². The maximum atomic E-state index is 5.10. The van der Waals surface area contributed by atoms with Gasteiger partial charge in [0.25, 0.3) is 0 Å². The van der Waals surface area contributed by atoms with Crippen LogP contribution < -0.4 is 10.1 Å². The molecule has 0 bridgehead atoms. The molecule has 0 amide bonds. The number of hydrogen-bond donors (Lipinski definition) is 1. The molecular weight excluding hydrogens is 226 g/mol. The van der Waals surface area contributed by atoms with Gasteiger partial charge in [0.1, 0.15) is 0 Å². The lowest BCUT2D eigenvalue weighted by atomic mass is 10.1. The Balaban J connectivity index is 1.95. The second-order valence-electron chi connectivity index (χ2n) is 4.05. The highest BCUT2D eigenvalue weighted by atomic mass is 16.5. The molecule has 4 nitrogen and oxygen atoms in total. The zero-order valence-corrected chi connectivity index (χ0v) is 10.6. The number of aromatic nitrogens is 2. The van der Waals surface area contributed by atoms with Gasteiger partial charge in [-0.15, -0.1) is 0 Å². The van der Waals surface area contributed by atoms with Crippen molar-refractivity contribution in [1.82, 2.24) is 15.3 Å². The Labute approximate surface area is 107 Å². The molecule has 0 aliphatic heterocycles. The van der Waals surface area contributed by atoms with Crippen LogP contribution in [0.25, 0.3) is 0 Å². The fourth-order valence-electron chi connectivity index (χ4n) is 1.70. The van der Waals surface area contributed by atoms with Crippen LogP contribution in [-0.2, 0) is 6.54 Å². The minimum absolute atomic E-state index is 0.265. The number of nitrogens with one attached hydrogen (secondary N) is 1. The molecule has 0 aromatic carbocycles. The van der Waals surface area contributed by atoms with E-state index in [1.807, 2.05) is 30.3 Å². The molecular formula is C14H17N3O. The van der Waals surface area contributed by atoms with Gasteiger partial charge in [-0.1, -0.05) is 6.07 Å². The van der Waals surface area contributed by atoms with Crippen LogP contribution in [0.5, 0.6) is 5.88 Å². The summed E-state index contributed by atoms with van der Waals surface area (Å²) in [5, 5.41) is 3.42. The topological polar surface area (TPSA) is 47.0 Å². The van der Waals surface area contributed by atoms with E-state index in [9.17, 15) is 0 Å². The van der Waals surface area contributed by atoms with Crippen LogP contribution in [0.4, 0.5) is 0 Å². The molecule has 4 heteroatoms. The van der Waals surface area contributed by atoms with Crippen LogP contribution >= 0.6 is 0 Å². The highest BCUT2D eigenvalue weighted by Gasteiger charge is 2.05. The third kappa shape index (κ3) is 3.28. The Morgan fingerprint density at radius 2 is 2.00 bits per heavy atom. The molecule has 0 fully saturated rings. The van der Waals surface area contributed by atoms with Crippen molar-refractivity contribution in [1.29, 1.82) is 0 Å². The van der Waals surface area contributed by atoms with Gasteiger partial charge in [-0.3, -0.25) is 4.98 Å². The molecule has 0 saturated heterocycles. The van der Waals surface area contributed by atoms with Gasteiger partial charge in [0.2, 0.25) is 5.88 Å². The molecule has 0 aliphatic carbocycles. The Hall–Kier alpha value is -1.94. The SMILES string of the molecule is COc1cccc(CNC(C)c2ccncc2)n1. The summed E-state index contributed by atoms with van der Waals surface area (Å²) < 4.78 is 5.10. The van der Waals surface area contributed by atoms with Gasteiger partial charge in [0.15, 0.2) is 0 Å². The van der Waals surface area contributed by atoms with Crippen molar-refractivity contribution >= 4 is 0 Å². The van der Waals surface area contributed by atoms with E-state index in [-0.39, 0.29) is 6.04 Å². The molecule has 2 aromatic rings. The number of nitrogens with zero attached hydrogens (tertiary/aromatic N) is 2. The standard InChI is InChI=1S/C14H17N3O/c1-11(12-6-8-15-9-7-12)16-10-13-4-3-5-14(17-13)18-2/h3-9,11,16H,10H2,1-2H3. The van der Waals surface area contributed by atoms with Gasteiger partial charge < -0.3 is 10.1 Å². The predicted octanol–water partition coefficient (Wildman–Crippen LogP) is 2.34. The van der Waals surface area contributed by atoms with Crippen molar-refractivity contribution < 1.29 is 4.74 Å². The molecule has 2 aromatic heterocycles. The fourth-order valence-corrected chi connectivity index (χ4v) is 1.70. The van der Waals surface area contributed by atoms with E-state index in [4.69, 9.17) is 4.74 Å². The van der Waals surface area contributed by atoms with Gasteiger partial charge in [-0.25, -0.2) is 4.98 Å². The summed E-state index contributed by atoms with van der Waals surface area (Å²) in [4.78, 5) is 8.37. The zero-order chi connectivity index (χ0) is 12.8. The third-order valence-corrected chi connectivity index (χ3v) is 2.79. The maximum absolute atomic E-state index is 5.10. The monoisotopic (exact) mass is 243 g/mol. The van der Waals surface area contributed by atoms with E-state index in [0.29, 0.717) is 12.4 Å². The van der Waals surface area contributed by atoms with E-state index in [0.717, 1.165) is 5.69 Å². The van der Waals surface area contributed by atoms with Crippen LogP contribution in [0.1, 0.15) is 24.2 Å². The number of hydrogen-bond acceptors (Lipinski definition) is 4. The van der Waals surface area contributed by atoms with E-state index in [1.54, 1.807) is 19.5 Å². The average Bonchev–Trinajstić information content (AvgIpc) is 2.46. The largest absolute Gasteiger partial charge is 0.481 e. The minimum Gasteiger partial charge on any atom is -0.481 e. The summed E-state index contributed by atoms with van der Waals surface area (Å²) in [6.45, 7) is 2.83. The average molecular weight is 243 g/mol. The van der Waals surface area contributed by atoms with E-state index >= 15 is 0 Å². The van der Waals surface area contributed by atoms with E-state index < -0.39 is 0 Å². The van der Waals surface area contributed by atoms with Crippen molar-refractivity contribution in [2.75, 3.05) is 7.11 Å². The Kier molecular flexibility index (Phi) is 4.25. The molecule has 18 heavy (non-hydrogen) atoms. The lowest BCUT2D eigenvalue weighted by Crippen LogP contribution is -2.18. The van der Waals surface area contributed by atoms with E-state index in [1.165, 1.54) is 5.56 Å². The molecule has 0 radical (unpaired) electrons. The Morgan fingerprint density at radius 1 is 1.22 bits per heavy atom. The highest BCUT2D eigenvalue weighted by Crippen LogP contribution is 2.12. The lowest BCUT2D eigenvalue weighted by Gasteiger charge is -2.13. The van der Waals surface area contributed by atoms with Gasteiger partial charge >= 0.3 is 0 Å². The molecule has 0 aliphatic rings. The summed E-state index contributed by atoms with van der Waals surface area (Å²) in [7, 11) is 1.62. The molecule has 94 valence electrons. The summed E-state index contributed by atoms with van der Waals surface area (Å²) in [5.41, 5.74) is 2.18. The normalized spacial score (nSPS) is 12.1. The molecule has 2 rings (SSSR count). The van der Waals surface area contributed by atoms with Crippen molar-refractivity contribution in [3.63, 3.8) is 0 Å². The van der Waals surface area contributed by atoms with Gasteiger partial charge in [-0.05, 0) is 30.7 Å². The number of methoxy groups -OCH3 is 1. The lowest BCUT2D eigenvalue weighted by molar-refractivity contribution is 0.395. The first-order valence-corrected chi connectivity index (χ1v) is 5.93. The van der Waals surface area contributed by atoms with Gasteiger partial charge in [-0.2, -0.15) is 0 Å². The van der Waals surface area contributed by atoms with Crippen LogP contribution in [-0.4, -0.2) is 17.1 Å². The predicted molar refractivity (Wildman–Crippen MR) is 70.3 cm³/mol. The summed E-state index contributed by atoms with van der Waals surface area (Å²) >= 11 is 0. The molecule has 0 spiro atoms. The molecule has 1 N–H and O–H groups in total. The van der Waals surface area contributed by atoms with Gasteiger partial charge in [0.05, 0.1) is 12.8 Å². The Morgan fingerprint density at radius 3 is 2.72 bits per heavy atom. The fraction of sp³-hybridized carbons (Fsp3) is 0.286. The molecule has 1 unspecified atom stereocenters.